The third-order valence-electron chi connectivity index (χ3n) is 4.96. The Balaban J connectivity index is 1.48. The van der Waals surface area contributed by atoms with Crippen LogP contribution in [-0.4, -0.2) is 57.1 Å². The van der Waals surface area contributed by atoms with Gasteiger partial charge < -0.3 is 9.64 Å². The van der Waals surface area contributed by atoms with Gasteiger partial charge in [0.2, 0.25) is 0 Å². The molecule has 1 fully saturated rings. The minimum Gasteiger partial charge on any atom is -0.381 e. The van der Waals surface area contributed by atoms with Gasteiger partial charge in [0.25, 0.3) is 0 Å². The van der Waals surface area contributed by atoms with Crippen molar-refractivity contribution in [3.8, 4) is 11.5 Å². The molecule has 1 saturated carbocycles. The predicted octanol–water partition coefficient (Wildman–Crippen LogP) is 2.51. The number of ether oxygens (including phenoxy) is 1. The molecule has 0 saturated heterocycles. The molecule has 7 nitrogen and oxygen atoms in total. The third-order valence-corrected chi connectivity index (χ3v) is 4.96. The molecule has 1 N–H and O–H groups in total. The van der Waals surface area contributed by atoms with Crippen molar-refractivity contribution in [2.24, 2.45) is 4.99 Å². The van der Waals surface area contributed by atoms with Crippen LogP contribution in [0.4, 0.5) is 0 Å². The van der Waals surface area contributed by atoms with E-state index in [1.807, 2.05) is 31.7 Å². The topological polar surface area (TPSA) is 79.3 Å². The van der Waals surface area contributed by atoms with Gasteiger partial charge in [-0.2, -0.15) is 5.10 Å². The van der Waals surface area contributed by atoms with Crippen LogP contribution in [-0.2, 0) is 4.74 Å². The molecule has 0 bridgehead atoms. The Morgan fingerprint density at radius 3 is 2.72 bits per heavy atom. The number of hydrogen-bond acceptors (Lipinski definition) is 6. The highest BCUT2D eigenvalue weighted by Crippen LogP contribution is 2.28. The summed E-state index contributed by atoms with van der Waals surface area (Å²) in [5.74, 6) is 0.601. The molecule has 2 aromatic rings. The van der Waals surface area contributed by atoms with Crippen molar-refractivity contribution in [1.29, 1.82) is 0 Å². The van der Waals surface area contributed by atoms with E-state index in [-0.39, 0.29) is 0 Å². The molecule has 3 heterocycles. The minimum absolute atomic E-state index is 0.422. The Labute approximate surface area is 146 Å². The Bertz CT molecular complexity index is 744. The highest BCUT2D eigenvalue weighted by atomic mass is 16.5. The predicted molar refractivity (Wildman–Crippen MR) is 95.8 cm³/mol. The van der Waals surface area contributed by atoms with E-state index in [0.29, 0.717) is 18.0 Å². The van der Waals surface area contributed by atoms with Gasteiger partial charge in [0, 0.05) is 37.3 Å². The van der Waals surface area contributed by atoms with Gasteiger partial charge in [-0.05, 0) is 37.8 Å². The van der Waals surface area contributed by atoms with Crippen LogP contribution in [0.3, 0.4) is 0 Å². The second kappa shape index (κ2) is 7.14. The number of aromatic amines is 1. The van der Waals surface area contributed by atoms with Gasteiger partial charge in [0.05, 0.1) is 18.3 Å². The summed E-state index contributed by atoms with van der Waals surface area (Å²) in [6.07, 6.45) is 12.6. The number of nitrogens with zero attached hydrogens (tertiary/aromatic N) is 5. The highest BCUT2D eigenvalue weighted by Gasteiger charge is 2.25. The Kier molecular flexibility index (Phi) is 4.56. The van der Waals surface area contributed by atoms with E-state index in [4.69, 9.17) is 4.74 Å². The fraction of sp³-hybridized carbons (Fsp3) is 0.444. The van der Waals surface area contributed by atoms with Crippen molar-refractivity contribution in [1.82, 2.24) is 25.1 Å². The monoisotopic (exact) mass is 338 g/mol. The molecule has 25 heavy (non-hydrogen) atoms. The molecular weight excluding hydrogens is 316 g/mol. The van der Waals surface area contributed by atoms with Crippen LogP contribution >= 0.6 is 0 Å². The lowest BCUT2D eigenvalue weighted by Gasteiger charge is -2.36. The molecule has 0 aromatic carbocycles. The summed E-state index contributed by atoms with van der Waals surface area (Å²) >= 11 is 0. The fourth-order valence-corrected chi connectivity index (χ4v) is 3.50. The second-order valence-corrected chi connectivity index (χ2v) is 6.44. The number of rotatable bonds is 4. The maximum absolute atomic E-state index is 5.48. The average Bonchev–Trinajstić information content (AvgIpc) is 3.23. The number of H-pyrrole nitrogens is 1. The summed E-state index contributed by atoms with van der Waals surface area (Å²) in [5.41, 5.74) is 2.71. The third kappa shape index (κ3) is 3.46. The van der Waals surface area contributed by atoms with Crippen molar-refractivity contribution in [2.75, 3.05) is 13.7 Å². The molecule has 1 aliphatic heterocycles. The van der Waals surface area contributed by atoms with Crippen LogP contribution in [0.1, 0.15) is 31.2 Å². The summed E-state index contributed by atoms with van der Waals surface area (Å²) in [6, 6.07) is 4.51. The van der Waals surface area contributed by atoms with Gasteiger partial charge >= 0.3 is 0 Å². The zero-order valence-corrected chi connectivity index (χ0v) is 14.3. The number of nitrogens with one attached hydrogen (secondary N) is 1. The molecule has 2 aliphatic rings. The van der Waals surface area contributed by atoms with Gasteiger partial charge in [0.1, 0.15) is 12.0 Å². The summed E-state index contributed by atoms with van der Waals surface area (Å²) < 4.78 is 5.48. The lowest BCUT2D eigenvalue weighted by atomic mass is 9.92. The second-order valence-electron chi connectivity index (χ2n) is 6.44. The number of methoxy groups -OCH3 is 1. The normalized spacial score (nSPS) is 23.6. The summed E-state index contributed by atoms with van der Waals surface area (Å²) in [6.45, 7) is 0.870. The molecule has 7 heteroatoms. The molecular formula is C18H22N6O. The number of hydrogen-bond donors (Lipinski definition) is 1. The van der Waals surface area contributed by atoms with E-state index in [1.54, 1.807) is 6.33 Å². The Hall–Kier alpha value is -2.54. The zero-order valence-electron chi connectivity index (χ0n) is 14.3. The first-order valence-electron chi connectivity index (χ1n) is 8.69. The maximum Gasteiger partial charge on any atom is 0.199 e. The maximum atomic E-state index is 5.48. The summed E-state index contributed by atoms with van der Waals surface area (Å²) in [7, 11) is 1.81. The smallest absolute Gasteiger partial charge is 0.199 e. The standard InChI is InChI=1S/C18H22N6O/c1-25-15-5-3-14(4-6-15)24-9-8-19-17(11-24)13-2-7-16(20-10-13)18-21-12-22-23-18/h2,7-8,10-12,14-15H,3-6,9H2,1H3,(H,21,22,23)/t14-,15+. The first kappa shape index (κ1) is 16.0. The van der Waals surface area contributed by atoms with Crippen LogP contribution in [0.2, 0.25) is 0 Å². The largest absolute Gasteiger partial charge is 0.381 e. The average molecular weight is 338 g/mol. The van der Waals surface area contributed by atoms with Crippen LogP contribution < -0.4 is 0 Å². The lowest BCUT2D eigenvalue weighted by molar-refractivity contribution is 0.0501. The van der Waals surface area contributed by atoms with Crippen LogP contribution in [0, 0.1) is 0 Å². The van der Waals surface area contributed by atoms with Gasteiger partial charge in [0.15, 0.2) is 5.82 Å². The zero-order chi connectivity index (χ0) is 17.1. The van der Waals surface area contributed by atoms with Gasteiger partial charge in [-0.3, -0.25) is 15.1 Å². The van der Waals surface area contributed by atoms with E-state index < -0.39 is 0 Å². The molecule has 0 spiro atoms. The van der Waals surface area contributed by atoms with Crippen LogP contribution in [0.15, 0.2) is 35.8 Å². The molecule has 4 rings (SSSR count). The first-order valence-corrected chi connectivity index (χ1v) is 8.69. The van der Waals surface area contributed by atoms with E-state index >= 15 is 0 Å². The van der Waals surface area contributed by atoms with E-state index in [9.17, 15) is 0 Å². The fourth-order valence-electron chi connectivity index (χ4n) is 3.50. The SMILES string of the molecule is CO[C@H]1CC[C@@H](N2C=C(c3ccc(-c4nc[nH]n4)nc3)N=CC2)CC1. The van der Waals surface area contributed by atoms with Crippen molar-refractivity contribution >= 4 is 11.9 Å². The molecule has 2 aromatic heterocycles. The lowest BCUT2D eigenvalue weighted by Crippen LogP contribution is -2.38. The van der Waals surface area contributed by atoms with Gasteiger partial charge in [-0.25, -0.2) is 4.98 Å². The van der Waals surface area contributed by atoms with Crippen LogP contribution in [0.5, 0.6) is 0 Å². The number of aliphatic imine (C=N–C) groups is 1. The molecule has 1 aliphatic carbocycles. The number of aromatic nitrogens is 4. The molecule has 0 unspecified atom stereocenters. The Morgan fingerprint density at radius 1 is 1.16 bits per heavy atom. The van der Waals surface area contributed by atoms with Crippen LogP contribution in [0.25, 0.3) is 17.2 Å². The first-order chi connectivity index (χ1) is 12.3. The number of pyridine rings is 1. The van der Waals surface area contributed by atoms with Crippen molar-refractivity contribution in [2.45, 2.75) is 37.8 Å². The molecule has 130 valence electrons. The minimum atomic E-state index is 0.422. The van der Waals surface area contributed by atoms with Crippen molar-refractivity contribution in [3.05, 3.63) is 36.4 Å². The molecule has 0 amide bonds. The van der Waals surface area contributed by atoms with Crippen molar-refractivity contribution < 1.29 is 4.74 Å². The van der Waals surface area contributed by atoms with E-state index in [0.717, 1.165) is 49.2 Å². The van der Waals surface area contributed by atoms with E-state index in [2.05, 4.69) is 36.3 Å². The van der Waals surface area contributed by atoms with Crippen molar-refractivity contribution in [3.63, 3.8) is 0 Å². The Morgan fingerprint density at radius 2 is 2.04 bits per heavy atom. The highest BCUT2D eigenvalue weighted by molar-refractivity contribution is 5.77. The summed E-state index contributed by atoms with van der Waals surface area (Å²) in [4.78, 5) is 15.5. The van der Waals surface area contributed by atoms with E-state index in [1.165, 1.54) is 0 Å². The summed E-state index contributed by atoms with van der Waals surface area (Å²) in [5, 5.41) is 6.76. The van der Waals surface area contributed by atoms with Gasteiger partial charge in [-0.1, -0.05) is 0 Å². The molecule has 0 radical (unpaired) electrons. The molecule has 0 atom stereocenters. The van der Waals surface area contributed by atoms with Gasteiger partial charge in [-0.15, -0.1) is 0 Å². The quantitative estimate of drug-likeness (QED) is 0.926.